The Morgan fingerprint density at radius 3 is 2.62 bits per heavy atom. The Kier molecular flexibility index (Phi) is 6.81. The molecule has 2 N–H and O–H groups in total. The third-order valence-electron chi connectivity index (χ3n) is 4.71. The number of nitrogens with zero attached hydrogens (tertiary/aromatic N) is 1. The van der Waals surface area contributed by atoms with Crippen molar-refractivity contribution in [1.29, 1.82) is 0 Å². The van der Waals surface area contributed by atoms with Crippen LogP contribution in [0.25, 0.3) is 0 Å². The minimum absolute atomic E-state index is 0.131. The van der Waals surface area contributed by atoms with E-state index < -0.39 is 11.7 Å². The van der Waals surface area contributed by atoms with Gasteiger partial charge in [-0.15, -0.1) is 0 Å². The van der Waals surface area contributed by atoms with E-state index in [1.54, 1.807) is 0 Å². The number of rotatable bonds is 7. The topological polar surface area (TPSA) is 66.7 Å². The van der Waals surface area contributed by atoms with Gasteiger partial charge in [-0.25, -0.2) is 0 Å². The van der Waals surface area contributed by atoms with Crippen LogP contribution < -0.4 is 10.6 Å². The molecule has 1 saturated heterocycles. The summed E-state index contributed by atoms with van der Waals surface area (Å²) in [6.45, 7) is 4.73. The lowest BCUT2D eigenvalue weighted by Crippen LogP contribution is -2.44. The first-order valence-electron chi connectivity index (χ1n) is 9.39. The van der Waals surface area contributed by atoms with Crippen LogP contribution in [0.2, 0.25) is 0 Å². The van der Waals surface area contributed by atoms with E-state index in [0.29, 0.717) is 19.8 Å². The zero-order valence-electron chi connectivity index (χ0n) is 16.1. The van der Waals surface area contributed by atoms with Crippen LogP contribution in [0.5, 0.6) is 0 Å². The van der Waals surface area contributed by atoms with Crippen LogP contribution in [-0.2, 0) is 15.7 Å². The summed E-state index contributed by atoms with van der Waals surface area (Å²) in [6.07, 6.45) is -4.42. The third-order valence-corrected chi connectivity index (χ3v) is 4.71. The Hall–Kier alpha value is -2.52. The van der Waals surface area contributed by atoms with Gasteiger partial charge in [0.25, 0.3) is 0 Å². The Bertz CT molecular complexity index is 817. The average molecular weight is 411 g/mol. The lowest BCUT2D eigenvalue weighted by Gasteiger charge is -2.33. The molecule has 1 aromatic carbocycles. The second-order valence-corrected chi connectivity index (χ2v) is 6.85. The van der Waals surface area contributed by atoms with Crippen LogP contribution in [0.1, 0.15) is 23.1 Å². The summed E-state index contributed by atoms with van der Waals surface area (Å²) >= 11 is 0. The van der Waals surface area contributed by atoms with Crippen molar-refractivity contribution in [2.45, 2.75) is 19.1 Å². The van der Waals surface area contributed by atoms with Gasteiger partial charge in [0, 0.05) is 25.3 Å². The van der Waals surface area contributed by atoms with Gasteiger partial charge in [0.2, 0.25) is 5.91 Å². The van der Waals surface area contributed by atoms with Gasteiger partial charge in [0.05, 0.1) is 31.4 Å². The van der Waals surface area contributed by atoms with Crippen LogP contribution in [-0.4, -0.2) is 50.2 Å². The predicted molar refractivity (Wildman–Crippen MR) is 102 cm³/mol. The van der Waals surface area contributed by atoms with Crippen molar-refractivity contribution in [3.8, 4) is 0 Å². The number of amides is 1. The molecule has 6 nitrogen and oxygen atoms in total. The molecule has 1 atom stereocenters. The summed E-state index contributed by atoms with van der Waals surface area (Å²) in [5.41, 5.74) is -0.523. The van der Waals surface area contributed by atoms with Gasteiger partial charge in [-0.3, -0.25) is 9.69 Å². The summed E-state index contributed by atoms with van der Waals surface area (Å²) in [4.78, 5) is 14.4. The molecule has 2 heterocycles. The summed E-state index contributed by atoms with van der Waals surface area (Å²) in [7, 11) is 0. The molecule has 1 aliphatic rings. The number of alkyl halides is 3. The molecule has 1 amide bonds. The fourth-order valence-corrected chi connectivity index (χ4v) is 3.19. The molecule has 0 spiro atoms. The highest BCUT2D eigenvalue weighted by Crippen LogP contribution is 2.30. The van der Waals surface area contributed by atoms with Crippen molar-refractivity contribution in [3.05, 3.63) is 53.5 Å². The number of nitrogens with one attached hydrogen (secondary N) is 2. The maximum absolute atomic E-state index is 12.8. The van der Waals surface area contributed by atoms with E-state index in [4.69, 9.17) is 9.15 Å². The second kappa shape index (κ2) is 9.32. The normalized spacial score (nSPS) is 16.4. The van der Waals surface area contributed by atoms with Gasteiger partial charge in [-0.2, -0.15) is 13.2 Å². The first kappa shape index (κ1) is 21.2. The molecule has 158 valence electrons. The number of ether oxygens (including phenoxy) is 1. The Labute approximate surface area is 167 Å². The molecule has 3 rings (SSSR count). The van der Waals surface area contributed by atoms with Crippen molar-refractivity contribution < 1.29 is 27.1 Å². The fourth-order valence-electron chi connectivity index (χ4n) is 3.19. The first-order valence-corrected chi connectivity index (χ1v) is 9.39. The van der Waals surface area contributed by atoms with Crippen LogP contribution >= 0.6 is 0 Å². The fraction of sp³-hybridized carbons (Fsp3) is 0.450. The molecule has 0 bridgehead atoms. The number of anilines is 1. The summed E-state index contributed by atoms with van der Waals surface area (Å²) in [6, 6.07) is 8.40. The van der Waals surface area contributed by atoms with E-state index >= 15 is 0 Å². The second-order valence-electron chi connectivity index (χ2n) is 6.85. The van der Waals surface area contributed by atoms with E-state index in [1.165, 1.54) is 12.1 Å². The smallest absolute Gasteiger partial charge is 0.416 e. The third kappa shape index (κ3) is 5.98. The molecule has 1 unspecified atom stereocenters. The number of halogens is 3. The molecule has 1 aromatic heterocycles. The minimum atomic E-state index is -4.42. The SMILES string of the molecule is Cc1ccc(C(CNC(=O)CNc2cccc(C(F)(F)F)c2)N2CCOCC2)o1. The molecule has 0 saturated carbocycles. The first-order chi connectivity index (χ1) is 13.8. The van der Waals surface area contributed by atoms with E-state index in [1.807, 2.05) is 19.1 Å². The highest BCUT2D eigenvalue weighted by atomic mass is 19.4. The van der Waals surface area contributed by atoms with E-state index in [9.17, 15) is 18.0 Å². The summed E-state index contributed by atoms with van der Waals surface area (Å²) < 4.78 is 49.5. The number of benzene rings is 1. The zero-order chi connectivity index (χ0) is 20.9. The van der Waals surface area contributed by atoms with Gasteiger partial charge < -0.3 is 19.8 Å². The lowest BCUT2D eigenvalue weighted by molar-refractivity contribution is -0.137. The Morgan fingerprint density at radius 1 is 1.21 bits per heavy atom. The number of furan rings is 1. The number of morpholine rings is 1. The van der Waals surface area contributed by atoms with Crippen molar-refractivity contribution in [2.75, 3.05) is 44.7 Å². The molecule has 0 radical (unpaired) electrons. The molecule has 1 fully saturated rings. The van der Waals surface area contributed by atoms with Gasteiger partial charge in [-0.1, -0.05) is 6.07 Å². The number of hydrogen-bond acceptors (Lipinski definition) is 5. The Morgan fingerprint density at radius 2 is 1.97 bits per heavy atom. The van der Waals surface area contributed by atoms with Crippen molar-refractivity contribution in [3.63, 3.8) is 0 Å². The van der Waals surface area contributed by atoms with E-state index in [-0.39, 0.29) is 24.2 Å². The molecule has 9 heteroatoms. The van der Waals surface area contributed by atoms with Gasteiger partial charge in [0.1, 0.15) is 11.5 Å². The van der Waals surface area contributed by atoms with E-state index in [2.05, 4.69) is 15.5 Å². The quantitative estimate of drug-likeness (QED) is 0.733. The van der Waals surface area contributed by atoms with Crippen molar-refractivity contribution >= 4 is 11.6 Å². The van der Waals surface area contributed by atoms with Gasteiger partial charge in [-0.05, 0) is 37.3 Å². The van der Waals surface area contributed by atoms with Crippen LogP contribution in [0, 0.1) is 6.92 Å². The van der Waals surface area contributed by atoms with Crippen LogP contribution in [0.4, 0.5) is 18.9 Å². The van der Waals surface area contributed by atoms with Gasteiger partial charge >= 0.3 is 6.18 Å². The molecule has 2 aromatic rings. The maximum Gasteiger partial charge on any atom is 0.416 e. The summed E-state index contributed by atoms with van der Waals surface area (Å²) in [5, 5.41) is 5.57. The molecule has 29 heavy (non-hydrogen) atoms. The largest absolute Gasteiger partial charge is 0.465 e. The standard InChI is InChI=1S/C20H24F3N3O3/c1-14-5-6-18(29-14)17(26-7-9-28-10-8-26)12-25-19(27)13-24-16-4-2-3-15(11-16)20(21,22)23/h2-6,11,17,24H,7-10,12-13H2,1H3,(H,25,27). The number of aryl methyl sites for hydroxylation is 1. The van der Waals surface area contributed by atoms with Crippen molar-refractivity contribution in [1.82, 2.24) is 10.2 Å². The number of carbonyl (C=O) groups excluding carboxylic acids is 1. The summed E-state index contributed by atoms with van der Waals surface area (Å²) in [5.74, 6) is 1.23. The molecular weight excluding hydrogens is 387 g/mol. The number of hydrogen-bond donors (Lipinski definition) is 2. The maximum atomic E-state index is 12.8. The van der Waals surface area contributed by atoms with Gasteiger partial charge in [0.15, 0.2) is 0 Å². The predicted octanol–water partition coefficient (Wildman–Crippen LogP) is 3.21. The zero-order valence-corrected chi connectivity index (χ0v) is 16.1. The van der Waals surface area contributed by atoms with Crippen molar-refractivity contribution in [2.24, 2.45) is 0 Å². The Balaban J connectivity index is 1.56. The van der Waals surface area contributed by atoms with E-state index in [0.717, 1.165) is 36.7 Å². The highest BCUT2D eigenvalue weighted by molar-refractivity contribution is 5.80. The minimum Gasteiger partial charge on any atom is -0.465 e. The molecule has 1 aliphatic heterocycles. The number of carbonyl (C=O) groups is 1. The van der Waals surface area contributed by atoms with Crippen LogP contribution in [0.15, 0.2) is 40.8 Å². The van der Waals surface area contributed by atoms with Crippen LogP contribution in [0.3, 0.4) is 0 Å². The monoisotopic (exact) mass is 411 g/mol. The average Bonchev–Trinajstić information content (AvgIpc) is 3.13. The lowest BCUT2D eigenvalue weighted by atomic mass is 10.1. The highest BCUT2D eigenvalue weighted by Gasteiger charge is 2.30. The molecule has 0 aliphatic carbocycles. The molecular formula is C20H24F3N3O3.